The summed E-state index contributed by atoms with van der Waals surface area (Å²) >= 11 is 0. The van der Waals surface area contributed by atoms with Gasteiger partial charge in [-0.3, -0.25) is 0 Å². The minimum Gasteiger partial charge on any atom is -0.200 e. The van der Waals surface area contributed by atoms with Gasteiger partial charge in [0.1, 0.15) is 4.91 Å². The highest BCUT2D eigenvalue weighted by Crippen LogP contribution is 2.05. The molecule has 4 nitrogen and oxygen atoms in total. The van der Waals surface area contributed by atoms with Crippen LogP contribution in [0.5, 0.6) is 0 Å². The lowest BCUT2D eigenvalue weighted by Gasteiger charge is -1.98. The summed E-state index contributed by atoms with van der Waals surface area (Å²) in [7, 11) is 0. The van der Waals surface area contributed by atoms with Crippen LogP contribution in [-0.4, -0.2) is 16.9 Å². The molecule has 76 valence electrons. The Morgan fingerprint density at radius 3 is 2.57 bits per heavy atom. The summed E-state index contributed by atoms with van der Waals surface area (Å²) in [5.41, 5.74) is 2.43. The minimum atomic E-state index is -0.505. The zero-order chi connectivity index (χ0) is 10.4. The topological polar surface area (TPSA) is 49.5 Å². The molecule has 0 heterocycles. The van der Waals surface area contributed by atoms with Gasteiger partial charge < -0.3 is 0 Å². The van der Waals surface area contributed by atoms with Gasteiger partial charge in [0, 0.05) is 0 Å². The Hall–Kier alpha value is -1.58. The third-order valence-electron chi connectivity index (χ3n) is 1.93. The Bertz CT molecular complexity index is 295. The van der Waals surface area contributed by atoms with E-state index in [1.165, 1.54) is 11.1 Å². The van der Waals surface area contributed by atoms with Crippen LogP contribution >= 0.6 is 0 Å². The maximum atomic E-state index is 9.95. The Kier molecular flexibility index (Phi) is 3.91. The van der Waals surface area contributed by atoms with Crippen molar-refractivity contribution in [3.63, 3.8) is 0 Å². The summed E-state index contributed by atoms with van der Waals surface area (Å²) in [4.78, 5) is 14.3. The fourth-order valence-corrected chi connectivity index (χ4v) is 1.17. The van der Waals surface area contributed by atoms with Crippen LogP contribution in [0, 0.1) is 11.8 Å². The van der Waals surface area contributed by atoms with Crippen LogP contribution in [0.15, 0.2) is 24.3 Å². The van der Waals surface area contributed by atoms with Crippen LogP contribution in [0.1, 0.15) is 17.5 Å². The number of benzene rings is 1. The predicted octanol–water partition coefficient (Wildman–Crippen LogP) is 2.03. The number of nitrogens with zero attached hydrogens (tertiary/aromatic N) is 1. The van der Waals surface area contributed by atoms with E-state index in [0.717, 1.165) is 6.42 Å². The van der Waals surface area contributed by atoms with Crippen molar-refractivity contribution in [3.8, 4) is 0 Å². The average molecular weight is 196 g/mol. The lowest BCUT2D eigenvalue weighted by molar-refractivity contribution is -0.975. The quantitative estimate of drug-likeness (QED) is 0.579. The fourth-order valence-electron chi connectivity index (χ4n) is 1.17. The van der Waals surface area contributed by atoms with Gasteiger partial charge in [-0.25, -0.2) is 5.21 Å². The molecule has 0 aliphatic carbocycles. The third-order valence-corrected chi connectivity index (χ3v) is 1.93. The molecule has 0 bridgehead atoms. The second-order valence-corrected chi connectivity index (χ2v) is 3.16. The second kappa shape index (κ2) is 5.21. The molecule has 0 atom stereocenters. The van der Waals surface area contributed by atoms with Gasteiger partial charge in [0.25, 0.3) is 0 Å². The molecular formula is C10H14NO3+. The van der Waals surface area contributed by atoms with Crippen molar-refractivity contribution < 1.29 is 15.1 Å². The van der Waals surface area contributed by atoms with Crippen molar-refractivity contribution in [2.75, 3.05) is 6.61 Å². The molecule has 0 saturated carbocycles. The van der Waals surface area contributed by atoms with Crippen molar-refractivity contribution in [2.45, 2.75) is 19.8 Å². The molecule has 0 aromatic heterocycles. The van der Waals surface area contributed by atoms with Gasteiger partial charge in [0.05, 0.1) is 0 Å². The summed E-state index contributed by atoms with van der Waals surface area (Å²) in [5.74, 6) is 0. The smallest absolute Gasteiger partial charge is 0.200 e. The zero-order valence-electron chi connectivity index (χ0n) is 8.14. The maximum absolute atomic E-state index is 9.95. The van der Waals surface area contributed by atoms with E-state index in [2.05, 4.69) is 4.84 Å². The standard InChI is InChI=1S/C10H14NO3/c1-9-4-6-10(7-5-9)3-2-8-14-11(12)13/h4-7H,2-3,8H2,1H3,(H,12,13)/q+1. The lowest BCUT2D eigenvalue weighted by atomic mass is 10.1. The summed E-state index contributed by atoms with van der Waals surface area (Å²) in [6.45, 7) is 2.27. The van der Waals surface area contributed by atoms with Gasteiger partial charge >= 0.3 is 5.09 Å². The summed E-state index contributed by atoms with van der Waals surface area (Å²) in [5, 5.41) is 7.64. The van der Waals surface area contributed by atoms with E-state index in [4.69, 9.17) is 5.21 Å². The first-order chi connectivity index (χ1) is 6.68. The van der Waals surface area contributed by atoms with Gasteiger partial charge in [0.2, 0.25) is 0 Å². The highest BCUT2D eigenvalue weighted by molar-refractivity contribution is 5.21. The first-order valence-corrected chi connectivity index (χ1v) is 4.53. The zero-order valence-corrected chi connectivity index (χ0v) is 8.14. The van der Waals surface area contributed by atoms with E-state index in [9.17, 15) is 4.91 Å². The monoisotopic (exact) mass is 196 g/mol. The van der Waals surface area contributed by atoms with Crippen LogP contribution in [-0.2, 0) is 11.3 Å². The van der Waals surface area contributed by atoms with Gasteiger partial charge in [-0.1, -0.05) is 29.8 Å². The predicted molar refractivity (Wildman–Crippen MR) is 50.9 cm³/mol. The number of aryl methyl sites for hydroxylation is 2. The first kappa shape index (κ1) is 10.5. The normalized spacial score (nSPS) is 9.79. The Morgan fingerprint density at radius 2 is 2.00 bits per heavy atom. The molecular weight excluding hydrogens is 182 g/mol. The van der Waals surface area contributed by atoms with Crippen LogP contribution in [0.25, 0.3) is 0 Å². The Morgan fingerprint density at radius 1 is 1.36 bits per heavy atom. The van der Waals surface area contributed by atoms with E-state index in [1.807, 2.05) is 31.2 Å². The second-order valence-electron chi connectivity index (χ2n) is 3.16. The summed E-state index contributed by atoms with van der Waals surface area (Å²) in [6, 6.07) is 8.18. The molecule has 0 amide bonds. The van der Waals surface area contributed by atoms with Crippen molar-refractivity contribution in [1.82, 2.24) is 0 Å². The van der Waals surface area contributed by atoms with Gasteiger partial charge in [-0.15, -0.1) is 0 Å². The van der Waals surface area contributed by atoms with E-state index < -0.39 is 5.09 Å². The number of hydrogen-bond donors (Lipinski definition) is 1. The molecule has 1 aromatic rings. The number of hydrogen-bond acceptors (Lipinski definition) is 2. The van der Waals surface area contributed by atoms with Crippen molar-refractivity contribution in [1.29, 1.82) is 0 Å². The van der Waals surface area contributed by atoms with Crippen LogP contribution in [0.2, 0.25) is 0 Å². The molecule has 0 unspecified atom stereocenters. The molecule has 1 rings (SSSR count). The molecule has 0 fully saturated rings. The van der Waals surface area contributed by atoms with Crippen LogP contribution in [0.4, 0.5) is 0 Å². The highest BCUT2D eigenvalue weighted by Gasteiger charge is 2.02. The van der Waals surface area contributed by atoms with E-state index in [-0.39, 0.29) is 6.61 Å². The summed E-state index contributed by atoms with van der Waals surface area (Å²) in [6.07, 6.45) is 1.55. The molecule has 0 aliphatic rings. The molecule has 14 heavy (non-hydrogen) atoms. The third kappa shape index (κ3) is 3.89. The highest BCUT2D eigenvalue weighted by atomic mass is 16.9. The lowest BCUT2D eigenvalue weighted by Crippen LogP contribution is -2.05. The Labute approximate surface area is 82.6 Å². The van der Waals surface area contributed by atoms with Crippen LogP contribution in [0.3, 0.4) is 0 Å². The van der Waals surface area contributed by atoms with E-state index in [0.29, 0.717) is 6.42 Å². The first-order valence-electron chi connectivity index (χ1n) is 4.53. The minimum absolute atomic E-state index is 0.230. The molecule has 0 spiro atoms. The van der Waals surface area contributed by atoms with Gasteiger partial charge in [-0.05, 0) is 25.3 Å². The van der Waals surface area contributed by atoms with Crippen molar-refractivity contribution in [3.05, 3.63) is 40.3 Å². The van der Waals surface area contributed by atoms with E-state index in [1.54, 1.807) is 0 Å². The van der Waals surface area contributed by atoms with E-state index >= 15 is 0 Å². The molecule has 0 aliphatic heterocycles. The maximum Gasteiger partial charge on any atom is 0.475 e. The van der Waals surface area contributed by atoms with Gasteiger partial charge in [0.15, 0.2) is 6.61 Å². The van der Waals surface area contributed by atoms with Gasteiger partial charge in [-0.2, -0.15) is 4.84 Å². The number of rotatable bonds is 5. The molecule has 0 saturated heterocycles. The fraction of sp³-hybridized carbons (Fsp3) is 0.400. The van der Waals surface area contributed by atoms with Crippen molar-refractivity contribution >= 4 is 0 Å². The van der Waals surface area contributed by atoms with Crippen LogP contribution < -0.4 is 0 Å². The Balaban J connectivity index is 2.25. The molecule has 4 heteroatoms. The average Bonchev–Trinajstić information content (AvgIpc) is 2.15. The largest absolute Gasteiger partial charge is 0.475 e. The SMILES string of the molecule is Cc1ccc(CCCO[N+](=O)O)cc1. The van der Waals surface area contributed by atoms with Crippen molar-refractivity contribution in [2.24, 2.45) is 0 Å². The molecule has 1 N–H and O–H groups in total. The molecule has 1 aromatic carbocycles. The summed E-state index contributed by atoms with van der Waals surface area (Å²) < 4.78 is 0. The molecule has 0 radical (unpaired) electrons.